The average Bonchev–Trinajstić information content (AvgIpc) is 2.72. The van der Waals surface area contributed by atoms with E-state index in [1.54, 1.807) is 9.80 Å². The van der Waals surface area contributed by atoms with Gasteiger partial charge in [0.2, 0.25) is 11.9 Å². The summed E-state index contributed by atoms with van der Waals surface area (Å²) in [7, 11) is 0. The molecule has 0 aromatic carbocycles. The molecular weight excluding hydrogens is 480 g/mol. The van der Waals surface area contributed by atoms with Gasteiger partial charge >= 0.3 is 12.4 Å². The molecule has 0 unspecified atom stereocenters. The topological polar surface area (TPSA) is 82.2 Å². The van der Waals surface area contributed by atoms with Gasteiger partial charge in [-0.15, -0.1) is 0 Å². The van der Waals surface area contributed by atoms with Crippen LogP contribution in [-0.4, -0.2) is 50.9 Å². The second kappa shape index (κ2) is 8.83. The number of nitrogens with one attached hydrogen (secondary N) is 1. The lowest BCUT2D eigenvalue weighted by Crippen LogP contribution is -2.61. The summed E-state index contributed by atoms with van der Waals surface area (Å²) in [6, 6.07) is 0.292. The number of hydrogen-bond acceptors (Lipinski definition) is 5. The van der Waals surface area contributed by atoms with Crippen LogP contribution in [0.2, 0.25) is 0 Å². The zero-order chi connectivity index (χ0) is 25.7. The van der Waals surface area contributed by atoms with E-state index < -0.39 is 29.0 Å². The molecule has 0 bridgehead atoms. The van der Waals surface area contributed by atoms with Crippen LogP contribution in [0.3, 0.4) is 0 Å². The lowest BCUT2D eigenvalue weighted by molar-refractivity contribution is -0.144. The Morgan fingerprint density at radius 1 is 1.00 bits per heavy atom. The van der Waals surface area contributed by atoms with Gasteiger partial charge in [0.25, 0.3) is 5.56 Å². The summed E-state index contributed by atoms with van der Waals surface area (Å²) >= 11 is 0. The molecule has 190 valence electrons. The molecule has 1 N–H and O–H groups in total. The van der Waals surface area contributed by atoms with E-state index in [1.165, 1.54) is 6.20 Å². The van der Waals surface area contributed by atoms with Crippen LogP contribution in [-0.2, 0) is 17.1 Å². The third-order valence-corrected chi connectivity index (χ3v) is 6.61. The highest BCUT2D eigenvalue weighted by atomic mass is 19.4. The Kier molecular flexibility index (Phi) is 6.30. The van der Waals surface area contributed by atoms with Crippen molar-refractivity contribution in [2.75, 3.05) is 18.0 Å². The van der Waals surface area contributed by atoms with Crippen LogP contribution in [0.4, 0.5) is 32.3 Å². The van der Waals surface area contributed by atoms with Gasteiger partial charge in [-0.3, -0.25) is 9.59 Å². The van der Waals surface area contributed by atoms with Crippen molar-refractivity contribution < 1.29 is 31.1 Å². The molecule has 1 aliphatic heterocycles. The standard InChI is InChI=1S/C22H23F6N5O2/c1-11-9-32(20-30-7-16(8-31-20)21(23,24)25)10-12(2)33(11)19(35)14-3-13(4-14)15-5-17(22(26,27)28)18(34)29-6-15/h5-8,11-14H,3-4,9-10H2,1-2H3,(H,29,34)/t11-,12+,13?,14?. The highest BCUT2D eigenvalue weighted by molar-refractivity contribution is 5.81. The van der Waals surface area contributed by atoms with E-state index >= 15 is 0 Å². The van der Waals surface area contributed by atoms with E-state index in [4.69, 9.17) is 0 Å². The number of H-pyrrole nitrogens is 1. The number of aromatic amines is 1. The van der Waals surface area contributed by atoms with Crippen molar-refractivity contribution in [3.05, 3.63) is 51.7 Å². The number of carbonyl (C=O) groups excluding carboxylic acids is 1. The number of amides is 1. The second-order valence-electron chi connectivity index (χ2n) is 9.16. The van der Waals surface area contributed by atoms with E-state index in [1.807, 2.05) is 13.8 Å². The molecule has 1 aliphatic carbocycles. The predicted molar refractivity (Wildman–Crippen MR) is 113 cm³/mol. The van der Waals surface area contributed by atoms with Gasteiger partial charge in [0, 0.05) is 49.7 Å². The first-order valence-electron chi connectivity index (χ1n) is 11.0. The number of anilines is 1. The zero-order valence-electron chi connectivity index (χ0n) is 18.8. The van der Waals surface area contributed by atoms with Gasteiger partial charge in [0.1, 0.15) is 5.56 Å². The molecule has 4 rings (SSSR count). The Hall–Kier alpha value is -3.12. The van der Waals surface area contributed by atoms with Crippen LogP contribution in [0.1, 0.15) is 49.3 Å². The van der Waals surface area contributed by atoms with Crippen LogP contribution >= 0.6 is 0 Å². The number of nitrogens with zero attached hydrogens (tertiary/aromatic N) is 4. The van der Waals surface area contributed by atoms with Crippen molar-refractivity contribution in [2.24, 2.45) is 5.92 Å². The smallest absolute Gasteiger partial charge is 0.337 e. The molecule has 2 fully saturated rings. The molecule has 1 saturated carbocycles. The number of piperazine rings is 1. The van der Waals surface area contributed by atoms with Gasteiger partial charge in [-0.05, 0) is 44.2 Å². The lowest BCUT2D eigenvalue weighted by Gasteiger charge is -2.47. The van der Waals surface area contributed by atoms with Crippen LogP contribution in [0.15, 0.2) is 29.5 Å². The van der Waals surface area contributed by atoms with E-state index in [0.717, 1.165) is 18.5 Å². The first-order chi connectivity index (χ1) is 16.3. The summed E-state index contributed by atoms with van der Waals surface area (Å²) in [4.78, 5) is 37.9. The molecule has 2 aromatic rings. The minimum atomic E-state index is -4.76. The lowest BCUT2D eigenvalue weighted by atomic mass is 9.70. The molecule has 13 heteroatoms. The Balaban J connectivity index is 1.39. The summed E-state index contributed by atoms with van der Waals surface area (Å²) < 4.78 is 77.4. The Morgan fingerprint density at radius 3 is 2.09 bits per heavy atom. The molecule has 3 heterocycles. The Labute approximate surface area is 196 Å². The summed E-state index contributed by atoms with van der Waals surface area (Å²) in [6.07, 6.45) is -5.85. The molecule has 2 atom stereocenters. The molecule has 2 aromatic heterocycles. The maximum atomic E-state index is 13.2. The second-order valence-corrected chi connectivity index (χ2v) is 9.16. The highest BCUT2D eigenvalue weighted by Crippen LogP contribution is 2.44. The summed E-state index contributed by atoms with van der Waals surface area (Å²) in [5.74, 6) is -0.602. The minimum Gasteiger partial charge on any atom is -0.337 e. The molecule has 35 heavy (non-hydrogen) atoms. The molecular formula is C22H23F6N5O2. The van der Waals surface area contributed by atoms with Crippen molar-refractivity contribution in [2.45, 2.75) is 57.0 Å². The average molecular weight is 503 g/mol. The van der Waals surface area contributed by atoms with Gasteiger partial charge in [0.15, 0.2) is 0 Å². The third kappa shape index (κ3) is 4.98. The van der Waals surface area contributed by atoms with Gasteiger partial charge in [0.05, 0.1) is 5.56 Å². The van der Waals surface area contributed by atoms with Crippen LogP contribution in [0.25, 0.3) is 0 Å². The Morgan fingerprint density at radius 2 is 1.57 bits per heavy atom. The highest BCUT2D eigenvalue weighted by Gasteiger charge is 2.43. The number of rotatable bonds is 3. The fraction of sp³-hybridized carbons (Fsp3) is 0.545. The first-order valence-corrected chi connectivity index (χ1v) is 11.0. The summed E-state index contributed by atoms with van der Waals surface area (Å²) in [5.41, 5.74) is -3.06. The van der Waals surface area contributed by atoms with Crippen LogP contribution in [0, 0.1) is 5.92 Å². The van der Waals surface area contributed by atoms with Gasteiger partial charge in [-0.1, -0.05) is 0 Å². The van der Waals surface area contributed by atoms with E-state index in [9.17, 15) is 35.9 Å². The van der Waals surface area contributed by atoms with Gasteiger partial charge in [-0.2, -0.15) is 26.3 Å². The van der Waals surface area contributed by atoms with Crippen molar-refractivity contribution in [1.82, 2.24) is 19.9 Å². The van der Waals surface area contributed by atoms with Crippen molar-refractivity contribution >= 4 is 11.9 Å². The quantitative estimate of drug-likeness (QED) is 0.645. The predicted octanol–water partition coefficient (Wildman–Crippen LogP) is 3.82. The molecule has 1 saturated heterocycles. The van der Waals surface area contributed by atoms with Crippen LogP contribution < -0.4 is 10.5 Å². The zero-order valence-corrected chi connectivity index (χ0v) is 18.8. The Bertz CT molecular complexity index is 1130. The van der Waals surface area contributed by atoms with Crippen molar-refractivity contribution in [3.63, 3.8) is 0 Å². The third-order valence-electron chi connectivity index (χ3n) is 6.61. The maximum Gasteiger partial charge on any atom is 0.421 e. The monoisotopic (exact) mass is 503 g/mol. The van der Waals surface area contributed by atoms with E-state index in [2.05, 4.69) is 15.0 Å². The van der Waals surface area contributed by atoms with Gasteiger partial charge in [-0.25, -0.2) is 9.97 Å². The van der Waals surface area contributed by atoms with Crippen LogP contribution in [0.5, 0.6) is 0 Å². The molecule has 2 aliphatic rings. The van der Waals surface area contributed by atoms with Crippen molar-refractivity contribution in [1.29, 1.82) is 0 Å². The summed E-state index contributed by atoms with van der Waals surface area (Å²) in [6.45, 7) is 4.29. The van der Waals surface area contributed by atoms with E-state index in [0.29, 0.717) is 31.5 Å². The normalized spacial score (nSPS) is 25.4. The number of pyridine rings is 1. The number of hydrogen-bond donors (Lipinski definition) is 1. The minimum absolute atomic E-state index is 0.116. The molecule has 0 radical (unpaired) electrons. The number of carbonyl (C=O) groups is 1. The largest absolute Gasteiger partial charge is 0.421 e. The maximum absolute atomic E-state index is 13.2. The SMILES string of the molecule is C[C@@H]1CN(c2ncc(C(F)(F)F)cn2)C[C@H](C)N1C(=O)C1CC(c2c[nH]c(=O)c(C(F)(F)F)c2)C1. The number of halogens is 6. The summed E-state index contributed by atoms with van der Waals surface area (Å²) in [5, 5.41) is 0. The molecule has 7 nitrogen and oxygen atoms in total. The van der Waals surface area contributed by atoms with Crippen molar-refractivity contribution in [3.8, 4) is 0 Å². The van der Waals surface area contributed by atoms with E-state index in [-0.39, 0.29) is 35.8 Å². The number of aromatic nitrogens is 3. The molecule has 0 spiro atoms. The molecule has 1 amide bonds. The fourth-order valence-electron chi connectivity index (χ4n) is 4.80. The first kappa shape index (κ1) is 25.0. The number of alkyl halides is 6. The van der Waals surface area contributed by atoms with Gasteiger partial charge < -0.3 is 14.8 Å². The fourth-order valence-corrected chi connectivity index (χ4v) is 4.80.